The quantitative estimate of drug-likeness (QED) is 0.413. The molecule has 1 fully saturated rings. The fourth-order valence-electron chi connectivity index (χ4n) is 2.39. The van der Waals surface area contributed by atoms with Crippen LogP contribution in [-0.4, -0.2) is 53.2 Å². The van der Waals surface area contributed by atoms with E-state index in [4.69, 9.17) is 19.0 Å². The van der Waals surface area contributed by atoms with Crippen LogP contribution in [0.1, 0.15) is 35.3 Å². The molecule has 0 bridgehead atoms. The molecule has 0 radical (unpaired) electrons. The van der Waals surface area contributed by atoms with Gasteiger partial charge in [0.1, 0.15) is 12.3 Å². The SMILES string of the molecule is COC(=O)c1ccnc(/C(COc2ncccn2)=N/OC2CCCCO2)c1. The number of rotatable bonds is 7. The molecular formula is C18H20N4O5. The van der Waals surface area contributed by atoms with E-state index in [2.05, 4.69) is 20.1 Å². The maximum absolute atomic E-state index is 11.8. The number of hydrogen-bond donors (Lipinski definition) is 0. The molecule has 1 unspecified atom stereocenters. The highest BCUT2D eigenvalue weighted by molar-refractivity contribution is 6.01. The van der Waals surface area contributed by atoms with Gasteiger partial charge in [-0.25, -0.2) is 14.8 Å². The molecule has 9 nitrogen and oxygen atoms in total. The predicted molar refractivity (Wildman–Crippen MR) is 94.3 cm³/mol. The van der Waals surface area contributed by atoms with Gasteiger partial charge in [0, 0.05) is 25.0 Å². The number of methoxy groups -OCH3 is 1. The maximum atomic E-state index is 11.8. The first-order valence-electron chi connectivity index (χ1n) is 8.55. The van der Waals surface area contributed by atoms with Crippen LogP contribution in [0.3, 0.4) is 0 Å². The van der Waals surface area contributed by atoms with E-state index >= 15 is 0 Å². The summed E-state index contributed by atoms with van der Waals surface area (Å²) >= 11 is 0. The second-order valence-electron chi connectivity index (χ2n) is 5.68. The van der Waals surface area contributed by atoms with Crippen molar-refractivity contribution in [2.45, 2.75) is 25.6 Å². The fourth-order valence-corrected chi connectivity index (χ4v) is 2.39. The van der Waals surface area contributed by atoms with Crippen molar-refractivity contribution in [3.63, 3.8) is 0 Å². The zero-order valence-electron chi connectivity index (χ0n) is 14.9. The third-order valence-corrected chi connectivity index (χ3v) is 3.78. The smallest absolute Gasteiger partial charge is 0.337 e. The lowest BCUT2D eigenvalue weighted by molar-refractivity contribution is -0.162. The molecule has 1 aliphatic heterocycles. The topological polar surface area (TPSA) is 105 Å². The Balaban J connectivity index is 1.78. The maximum Gasteiger partial charge on any atom is 0.337 e. The number of carbonyl (C=O) groups excluding carboxylic acids is 1. The Morgan fingerprint density at radius 2 is 2.11 bits per heavy atom. The Kier molecular flexibility index (Phi) is 6.64. The standard InChI is InChI=1S/C18H20N4O5/c1-24-17(23)13-6-9-19-14(11-13)15(12-26-18-20-7-4-8-21-18)22-27-16-5-2-3-10-25-16/h4,6-9,11,16H,2-3,5,10,12H2,1H3/b22-15+. The van der Waals surface area contributed by atoms with Crippen LogP contribution in [0, 0.1) is 0 Å². The van der Waals surface area contributed by atoms with Crippen LogP contribution >= 0.6 is 0 Å². The number of nitrogens with zero attached hydrogens (tertiary/aromatic N) is 4. The number of ether oxygens (including phenoxy) is 3. The second kappa shape index (κ2) is 9.58. The molecule has 0 N–H and O–H groups in total. The molecular weight excluding hydrogens is 352 g/mol. The molecule has 1 atom stereocenters. The van der Waals surface area contributed by atoms with Gasteiger partial charge >= 0.3 is 12.0 Å². The van der Waals surface area contributed by atoms with Crippen molar-refractivity contribution in [1.82, 2.24) is 15.0 Å². The molecule has 0 aromatic carbocycles. The van der Waals surface area contributed by atoms with E-state index in [-0.39, 0.29) is 12.6 Å². The van der Waals surface area contributed by atoms with E-state index in [0.717, 1.165) is 19.3 Å². The molecule has 0 amide bonds. The molecule has 9 heteroatoms. The van der Waals surface area contributed by atoms with Crippen molar-refractivity contribution in [3.05, 3.63) is 48.0 Å². The number of pyridine rings is 1. The molecule has 2 aromatic rings. The Hall–Kier alpha value is -3.07. The highest BCUT2D eigenvalue weighted by atomic mass is 16.8. The summed E-state index contributed by atoms with van der Waals surface area (Å²) in [6, 6.07) is 5.00. The largest absolute Gasteiger partial charge is 0.465 e. The van der Waals surface area contributed by atoms with E-state index in [0.29, 0.717) is 23.6 Å². The Bertz CT molecular complexity index is 778. The molecule has 2 aromatic heterocycles. The summed E-state index contributed by atoms with van der Waals surface area (Å²) in [6.07, 6.45) is 7.00. The summed E-state index contributed by atoms with van der Waals surface area (Å²) in [5.41, 5.74) is 1.15. The van der Waals surface area contributed by atoms with Crippen LogP contribution in [-0.2, 0) is 14.3 Å². The summed E-state index contributed by atoms with van der Waals surface area (Å²) in [5, 5.41) is 4.16. The first kappa shape index (κ1) is 18.7. The lowest BCUT2D eigenvalue weighted by atomic mass is 10.2. The molecule has 1 saturated heterocycles. The molecule has 3 rings (SSSR count). The monoisotopic (exact) mass is 372 g/mol. The Morgan fingerprint density at radius 1 is 1.26 bits per heavy atom. The minimum Gasteiger partial charge on any atom is -0.465 e. The van der Waals surface area contributed by atoms with Crippen molar-refractivity contribution in [1.29, 1.82) is 0 Å². The lowest BCUT2D eigenvalue weighted by Gasteiger charge is -2.20. The molecule has 0 spiro atoms. The van der Waals surface area contributed by atoms with Crippen LogP contribution in [0.15, 0.2) is 41.9 Å². The van der Waals surface area contributed by atoms with Gasteiger partial charge in [0.2, 0.25) is 6.29 Å². The predicted octanol–water partition coefficient (Wildman–Crippen LogP) is 1.98. The summed E-state index contributed by atoms with van der Waals surface area (Å²) in [4.78, 5) is 29.5. The normalized spacial score (nSPS) is 17.2. The van der Waals surface area contributed by atoms with Gasteiger partial charge in [-0.15, -0.1) is 0 Å². The van der Waals surface area contributed by atoms with Gasteiger partial charge in [-0.3, -0.25) is 4.98 Å². The van der Waals surface area contributed by atoms with Gasteiger partial charge in [0.05, 0.1) is 25.0 Å². The molecule has 3 heterocycles. The molecule has 0 aliphatic carbocycles. The zero-order valence-corrected chi connectivity index (χ0v) is 14.9. The van der Waals surface area contributed by atoms with E-state index in [1.165, 1.54) is 13.3 Å². The molecule has 1 aliphatic rings. The van der Waals surface area contributed by atoms with Crippen LogP contribution in [0.5, 0.6) is 6.01 Å². The highest BCUT2D eigenvalue weighted by Gasteiger charge is 2.17. The van der Waals surface area contributed by atoms with Crippen LogP contribution in [0.4, 0.5) is 0 Å². The van der Waals surface area contributed by atoms with Crippen molar-refractivity contribution in [2.75, 3.05) is 20.3 Å². The van der Waals surface area contributed by atoms with Crippen LogP contribution in [0.25, 0.3) is 0 Å². The van der Waals surface area contributed by atoms with Crippen molar-refractivity contribution < 1.29 is 23.8 Å². The summed E-state index contributed by atoms with van der Waals surface area (Å²) in [6.45, 7) is 0.647. The van der Waals surface area contributed by atoms with Crippen molar-refractivity contribution in [3.8, 4) is 6.01 Å². The number of hydrogen-bond acceptors (Lipinski definition) is 9. The number of oxime groups is 1. The zero-order chi connectivity index (χ0) is 18.9. The van der Waals surface area contributed by atoms with Gasteiger partial charge < -0.3 is 19.0 Å². The average Bonchev–Trinajstić information content (AvgIpc) is 2.74. The third kappa shape index (κ3) is 5.45. The van der Waals surface area contributed by atoms with Gasteiger partial charge in [-0.05, 0) is 31.0 Å². The third-order valence-electron chi connectivity index (χ3n) is 3.78. The van der Waals surface area contributed by atoms with Gasteiger partial charge in [-0.1, -0.05) is 5.16 Å². The molecule has 142 valence electrons. The fraction of sp³-hybridized carbons (Fsp3) is 0.389. The van der Waals surface area contributed by atoms with Gasteiger partial charge in [-0.2, -0.15) is 0 Å². The highest BCUT2D eigenvalue weighted by Crippen LogP contribution is 2.15. The van der Waals surface area contributed by atoms with E-state index in [1.807, 2.05) is 0 Å². The average molecular weight is 372 g/mol. The summed E-state index contributed by atoms with van der Waals surface area (Å²) < 4.78 is 15.8. The van der Waals surface area contributed by atoms with Gasteiger partial charge in [0.25, 0.3) is 0 Å². The van der Waals surface area contributed by atoms with E-state index in [1.54, 1.807) is 30.6 Å². The minimum absolute atomic E-state index is 0.00829. The first-order valence-corrected chi connectivity index (χ1v) is 8.55. The number of carbonyl (C=O) groups is 1. The summed E-state index contributed by atoms with van der Waals surface area (Å²) in [7, 11) is 1.32. The number of esters is 1. The van der Waals surface area contributed by atoms with Gasteiger partial charge in [0.15, 0.2) is 0 Å². The van der Waals surface area contributed by atoms with E-state index < -0.39 is 12.3 Å². The molecule has 27 heavy (non-hydrogen) atoms. The Labute approximate surface area is 156 Å². The van der Waals surface area contributed by atoms with Crippen LogP contribution in [0.2, 0.25) is 0 Å². The van der Waals surface area contributed by atoms with Crippen LogP contribution < -0.4 is 4.74 Å². The van der Waals surface area contributed by atoms with E-state index in [9.17, 15) is 4.79 Å². The van der Waals surface area contributed by atoms with Crippen molar-refractivity contribution >= 4 is 11.7 Å². The minimum atomic E-state index is -0.471. The second-order valence-corrected chi connectivity index (χ2v) is 5.68. The lowest BCUT2D eigenvalue weighted by Crippen LogP contribution is -2.23. The molecule has 0 saturated carbocycles. The van der Waals surface area contributed by atoms with Crippen molar-refractivity contribution in [2.24, 2.45) is 5.16 Å². The summed E-state index contributed by atoms with van der Waals surface area (Å²) in [5.74, 6) is -0.471. The Morgan fingerprint density at radius 3 is 2.85 bits per heavy atom. The number of aromatic nitrogens is 3. The first-order chi connectivity index (χ1) is 13.3.